The van der Waals surface area contributed by atoms with Crippen LogP contribution in [0.2, 0.25) is 0 Å². The van der Waals surface area contributed by atoms with E-state index < -0.39 is 0 Å². The molecule has 3 heterocycles. The first kappa shape index (κ1) is 20.5. The monoisotopic (exact) mass is 429 g/mol. The number of fused-ring (bicyclic) bond motifs is 2. The fourth-order valence-electron chi connectivity index (χ4n) is 4.78. The molecular formula is C26H27N3O3. The summed E-state index contributed by atoms with van der Waals surface area (Å²) in [6.07, 6.45) is 5.27. The normalized spacial score (nSPS) is 15.8. The number of para-hydroxylation sites is 2. The molecule has 1 amide bonds. The second-order valence-electron chi connectivity index (χ2n) is 8.38. The van der Waals surface area contributed by atoms with E-state index in [0.717, 1.165) is 29.9 Å². The zero-order chi connectivity index (χ0) is 21.9. The Labute approximate surface area is 186 Å². The predicted molar refractivity (Wildman–Crippen MR) is 126 cm³/mol. The van der Waals surface area contributed by atoms with E-state index in [4.69, 9.17) is 4.42 Å². The van der Waals surface area contributed by atoms with E-state index in [2.05, 4.69) is 10.2 Å². The van der Waals surface area contributed by atoms with Crippen molar-refractivity contribution in [2.45, 2.75) is 31.8 Å². The number of piperidine rings is 1. The smallest absolute Gasteiger partial charge is 0.240 e. The van der Waals surface area contributed by atoms with Gasteiger partial charge in [-0.3, -0.25) is 14.5 Å². The second-order valence-corrected chi connectivity index (χ2v) is 8.38. The molecule has 5 rings (SSSR count). The van der Waals surface area contributed by atoms with Crippen LogP contribution in [0.5, 0.6) is 0 Å². The summed E-state index contributed by atoms with van der Waals surface area (Å²) in [6.45, 7) is 2.65. The van der Waals surface area contributed by atoms with E-state index in [9.17, 15) is 9.59 Å². The second kappa shape index (κ2) is 9.01. The molecule has 1 fully saturated rings. The standard InChI is InChI=1S/C26H27N3O3/c30-25(27-17-23(24-13-8-16-32-24)28-14-6-1-7-15-28)18-29-21-11-4-2-9-19(21)26(31)20-10-3-5-12-22(20)29/h2-5,8-13,16,23H,1,6-7,14-15,17-18H2,(H,27,30). The van der Waals surface area contributed by atoms with Gasteiger partial charge >= 0.3 is 0 Å². The molecule has 1 saturated heterocycles. The topological polar surface area (TPSA) is 67.5 Å². The Bertz CT molecular complexity index is 1230. The first-order chi connectivity index (χ1) is 15.7. The van der Waals surface area contributed by atoms with Crippen LogP contribution in [0.4, 0.5) is 0 Å². The number of carbonyl (C=O) groups is 1. The molecule has 4 aromatic rings. The van der Waals surface area contributed by atoms with E-state index in [-0.39, 0.29) is 23.9 Å². The summed E-state index contributed by atoms with van der Waals surface area (Å²) in [5, 5.41) is 4.37. The highest BCUT2D eigenvalue weighted by Gasteiger charge is 2.25. The van der Waals surface area contributed by atoms with Gasteiger partial charge in [-0.25, -0.2) is 0 Å². The number of hydrogen-bond donors (Lipinski definition) is 1. The molecule has 0 aliphatic carbocycles. The maximum atomic E-state index is 13.1. The summed E-state index contributed by atoms with van der Waals surface area (Å²) in [5.74, 6) is 0.795. The van der Waals surface area contributed by atoms with Crippen molar-refractivity contribution in [1.82, 2.24) is 14.8 Å². The fraction of sp³-hybridized carbons (Fsp3) is 0.308. The van der Waals surface area contributed by atoms with Gasteiger partial charge in [-0.1, -0.05) is 30.7 Å². The van der Waals surface area contributed by atoms with Crippen molar-refractivity contribution in [2.24, 2.45) is 0 Å². The molecule has 1 aliphatic rings. The predicted octanol–water partition coefficient (Wildman–Crippen LogP) is 4.09. The van der Waals surface area contributed by atoms with Gasteiger partial charge in [0.25, 0.3) is 0 Å². The SMILES string of the molecule is O=C(Cn1c2ccccc2c(=O)c2ccccc21)NCC(c1ccco1)N1CCCCC1. The summed E-state index contributed by atoms with van der Waals surface area (Å²) < 4.78 is 7.63. The number of nitrogens with one attached hydrogen (secondary N) is 1. The molecule has 0 bridgehead atoms. The molecule has 164 valence electrons. The van der Waals surface area contributed by atoms with E-state index in [1.165, 1.54) is 19.3 Å². The molecular weight excluding hydrogens is 402 g/mol. The van der Waals surface area contributed by atoms with Crippen molar-refractivity contribution in [3.8, 4) is 0 Å². The van der Waals surface area contributed by atoms with E-state index in [1.807, 2.05) is 65.2 Å². The summed E-state index contributed by atoms with van der Waals surface area (Å²) in [7, 11) is 0. The van der Waals surface area contributed by atoms with Crippen molar-refractivity contribution in [3.63, 3.8) is 0 Å². The zero-order valence-corrected chi connectivity index (χ0v) is 18.0. The molecule has 6 heteroatoms. The van der Waals surface area contributed by atoms with Gasteiger partial charge in [0.2, 0.25) is 5.91 Å². The van der Waals surface area contributed by atoms with Gasteiger partial charge in [0.05, 0.1) is 23.3 Å². The lowest BCUT2D eigenvalue weighted by Crippen LogP contribution is -2.41. The summed E-state index contributed by atoms with van der Waals surface area (Å²) in [4.78, 5) is 28.4. The largest absolute Gasteiger partial charge is 0.468 e. The number of benzene rings is 2. The Kier molecular flexibility index (Phi) is 5.77. The Morgan fingerprint density at radius 1 is 0.906 bits per heavy atom. The van der Waals surface area contributed by atoms with Crippen molar-refractivity contribution in [1.29, 1.82) is 0 Å². The molecule has 1 unspecified atom stereocenters. The zero-order valence-electron chi connectivity index (χ0n) is 18.0. The summed E-state index contributed by atoms with van der Waals surface area (Å²) >= 11 is 0. The highest BCUT2D eigenvalue weighted by molar-refractivity contribution is 5.94. The number of nitrogens with zero attached hydrogens (tertiary/aromatic N) is 2. The first-order valence-corrected chi connectivity index (χ1v) is 11.3. The fourth-order valence-corrected chi connectivity index (χ4v) is 4.78. The van der Waals surface area contributed by atoms with Crippen LogP contribution >= 0.6 is 0 Å². The number of aromatic nitrogens is 1. The third kappa shape index (κ3) is 3.94. The lowest BCUT2D eigenvalue weighted by atomic mass is 10.1. The Morgan fingerprint density at radius 2 is 1.56 bits per heavy atom. The average Bonchev–Trinajstić information content (AvgIpc) is 3.37. The van der Waals surface area contributed by atoms with Gasteiger partial charge < -0.3 is 14.3 Å². The van der Waals surface area contributed by atoms with Gasteiger partial charge in [-0.05, 0) is 62.3 Å². The van der Waals surface area contributed by atoms with Gasteiger partial charge in [0, 0.05) is 17.3 Å². The Hall–Kier alpha value is -3.38. The lowest BCUT2D eigenvalue weighted by molar-refractivity contribution is -0.121. The maximum Gasteiger partial charge on any atom is 0.240 e. The third-order valence-electron chi connectivity index (χ3n) is 6.38. The van der Waals surface area contributed by atoms with Crippen molar-refractivity contribution in [3.05, 3.63) is 82.9 Å². The molecule has 1 N–H and O–H groups in total. The van der Waals surface area contributed by atoms with Gasteiger partial charge in [-0.15, -0.1) is 0 Å². The van der Waals surface area contributed by atoms with Gasteiger partial charge in [0.1, 0.15) is 12.3 Å². The van der Waals surface area contributed by atoms with Crippen molar-refractivity contribution >= 4 is 27.7 Å². The summed E-state index contributed by atoms with van der Waals surface area (Å²) in [6, 6.07) is 18.8. The lowest BCUT2D eigenvalue weighted by Gasteiger charge is -2.33. The average molecular weight is 430 g/mol. The van der Waals surface area contributed by atoms with Crippen LogP contribution in [-0.2, 0) is 11.3 Å². The van der Waals surface area contributed by atoms with Crippen LogP contribution in [0, 0.1) is 0 Å². The number of hydrogen-bond acceptors (Lipinski definition) is 4. The van der Waals surface area contributed by atoms with Gasteiger partial charge in [-0.2, -0.15) is 0 Å². The number of carbonyl (C=O) groups excluding carboxylic acids is 1. The maximum absolute atomic E-state index is 13.1. The molecule has 1 atom stereocenters. The van der Waals surface area contributed by atoms with Gasteiger partial charge in [0.15, 0.2) is 5.43 Å². The highest BCUT2D eigenvalue weighted by Crippen LogP contribution is 2.25. The van der Waals surface area contributed by atoms with Crippen LogP contribution in [0.1, 0.15) is 31.1 Å². The first-order valence-electron chi connectivity index (χ1n) is 11.3. The quantitative estimate of drug-likeness (QED) is 0.469. The third-order valence-corrected chi connectivity index (χ3v) is 6.38. The molecule has 0 saturated carbocycles. The number of pyridine rings is 1. The molecule has 32 heavy (non-hydrogen) atoms. The number of amides is 1. The number of furan rings is 1. The minimum Gasteiger partial charge on any atom is -0.468 e. The van der Waals surface area contributed by atoms with Crippen LogP contribution in [0.3, 0.4) is 0 Å². The van der Waals surface area contributed by atoms with E-state index >= 15 is 0 Å². The molecule has 0 radical (unpaired) electrons. The molecule has 2 aromatic heterocycles. The van der Waals surface area contributed by atoms with Crippen LogP contribution in [0.25, 0.3) is 21.8 Å². The van der Waals surface area contributed by atoms with Crippen LogP contribution in [-0.4, -0.2) is 35.0 Å². The van der Waals surface area contributed by atoms with E-state index in [0.29, 0.717) is 17.3 Å². The molecule has 6 nitrogen and oxygen atoms in total. The minimum absolute atomic E-state index is 0.00385. The number of rotatable bonds is 6. The molecule has 0 spiro atoms. The van der Waals surface area contributed by atoms with Crippen LogP contribution < -0.4 is 10.7 Å². The Balaban J connectivity index is 1.41. The number of likely N-dealkylation sites (tertiary alicyclic amines) is 1. The molecule has 1 aliphatic heterocycles. The minimum atomic E-state index is -0.0856. The van der Waals surface area contributed by atoms with Crippen molar-refractivity contribution < 1.29 is 9.21 Å². The Morgan fingerprint density at radius 3 is 2.19 bits per heavy atom. The summed E-state index contributed by atoms with van der Waals surface area (Å²) in [5.41, 5.74) is 1.53. The van der Waals surface area contributed by atoms with Crippen LogP contribution in [0.15, 0.2) is 76.1 Å². The highest BCUT2D eigenvalue weighted by atomic mass is 16.3. The van der Waals surface area contributed by atoms with E-state index in [1.54, 1.807) is 6.26 Å². The van der Waals surface area contributed by atoms with Crippen molar-refractivity contribution in [2.75, 3.05) is 19.6 Å². The molecule has 2 aromatic carbocycles.